The minimum absolute atomic E-state index is 0.125. The van der Waals surface area contributed by atoms with E-state index in [1.54, 1.807) is 17.6 Å². The Labute approximate surface area is 147 Å². The SMILES string of the molecule is O=C(NC1CCCc2c1cnn2-c1ccc(F)cc1F)c1ccsc1. The molecule has 0 aliphatic heterocycles. The van der Waals surface area contributed by atoms with E-state index in [-0.39, 0.29) is 17.6 Å². The number of carbonyl (C=O) groups excluding carboxylic acids is 1. The predicted octanol–water partition coefficient (Wildman–Crippen LogP) is 4.02. The summed E-state index contributed by atoms with van der Waals surface area (Å²) in [5, 5.41) is 11.0. The highest BCUT2D eigenvalue weighted by Crippen LogP contribution is 2.32. The average molecular weight is 359 g/mol. The molecule has 1 aromatic carbocycles. The van der Waals surface area contributed by atoms with E-state index in [9.17, 15) is 13.6 Å². The molecule has 1 atom stereocenters. The van der Waals surface area contributed by atoms with E-state index in [0.717, 1.165) is 36.6 Å². The van der Waals surface area contributed by atoms with E-state index >= 15 is 0 Å². The summed E-state index contributed by atoms with van der Waals surface area (Å²) in [7, 11) is 0. The van der Waals surface area contributed by atoms with Gasteiger partial charge in [0.15, 0.2) is 5.82 Å². The lowest BCUT2D eigenvalue weighted by Crippen LogP contribution is -2.30. The lowest BCUT2D eigenvalue weighted by atomic mass is 9.92. The van der Waals surface area contributed by atoms with Gasteiger partial charge in [0, 0.05) is 22.7 Å². The highest BCUT2D eigenvalue weighted by Gasteiger charge is 2.27. The van der Waals surface area contributed by atoms with Gasteiger partial charge in [0.2, 0.25) is 0 Å². The Hall–Kier alpha value is -2.54. The van der Waals surface area contributed by atoms with Gasteiger partial charge in [0.05, 0.1) is 17.8 Å². The number of hydrogen-bond acceptors (Lipinski definition) is 3. The van der Waals surface area contributed by atoms with Crippen molar-refractivity contribution in [2.45, 2.75) is 25.3 Å². The normalized spacial score (nSPS) is 16.5. The molecule has 4 nitrogen and oxygen atoms in total. The molecule has 1 aliphatic rings. The Morgan fingerprint density at radius 2 is 2.20 bits per heavy atom. The Bertz CT molecular complexity index is 921. The number of benzene rings is 1. The van der Waals surface area contributed by atoms with Crippen molar-refractivity contribution in [3.05, 3.63) is 69.7 Å². The summed E-state index contributed by atoms with van der Waals surface area (Å²) >= 11 is 1.47. The van der Waals surface area contributed by atoms with Gasteiger partial charge in [-0.15, -0.1) is 0 Å². The van der Waals surface area contributed by atoms with Crippen molar-refractivity contribution >= 4 is 17.2 Å². The summed E-state index contributed by atoms with van der Waals surface area (Å²) in [6.45, 7) is 0. The third-order valence-electron chi connectivity index (χ3n) is 4.41. The second-order valence-electron chi connectivity index (χ2n) is 5.98. The van der Waals surface area contributed by atoms with Gasteiger partial charge in [0.25, 0.3) is 5.91 Å². The van der Waals surface area contributed by atoms with Crippen molar-refractivity contribution < 1.29 is 13.6 Å². The van der Waals surface area contributed by atoms with E-state index < -0.39 is 11.6 Å². The van der Waals surface area contributed by atoms with Crippen molar-refractivity contribution in [2.75, 3.05) is 0 Å². The Morgan fingerprint density at radius 1 is 1.32 bits per heavy atom. The van der Waals surface area contributed by atoms with Crippen LogP contribution in [0.15, 0.2) is 41.2 Å². The van der Waals surface area contributed by atoms with E-state index in [0.29, 0.717) is 5.56 Å². The number of fused-ring (bicyclic) bond motifs is 1. The van der Waals surface area contributed by atoms with Crippen LogP contribution in [-0.4, -0.2) is 15.7 Å². The molecule has 0 saturated heterocycles. The number of rotatable bonds is 3. The van der Waals surface area contributed by atoms with Gasteiger partial charge in [-0.2, -0.15) is 16.4 Å². The maximum Gasteiger partial charge on any atom is 0.252 e. The molecule has 4 rings (SSSR count). The summed E-state index contributed by atoms with van der Waals surface area (Å²) in [5.74, 6) is -1.40. The zero-order valence-electron chi connectivity index (χ0n) is 13.2. The predicted molar refractivity (Wildman–Crippen MR) is 90.9 cm³/mol. The molecule has 128 valence electrons. The molecule has 25 heavy (non-hydrogen) atoms. The number of amides is 1. The molecule has 0 saturated carbocycles. The number of thiophene rings is 1. The van der Waals surface area contributed by atoms with E-state index in [1.165, 1.54) is 28.2 Å². The smallest absolute Gasteiger partial charge is 0.252 e. The second-order valence-corrected chi connectivity index (χ2v) is 6.76. The third kappa shape index (κ3) is 2.95. The minimum Gasteiger partial charge on any atom is -0.345 e. The fraction of sp³-hybridized carbons (Fsp3) is 0.222. The zero-order valence-corrected chi connectivity index (χ0v) is 14.0. The van der Waals surface area contributed by atoms with Gasteiger partial charge in [-0.05, 0) is 42.8 Å². The Morgan fingerprint density at radius 3 is 2.96 bits per heavy atom. The monoisotopic (exact) mass is 359 g/mol. The fourth-order valence-corrected chi connectivity index (χ4v) is 3.84. The maximum atomic E-state index is 14.1. The van der Waals surface area contributed by atoms with Crippen LogP contribution in [0.5, 0.6) is 0 Å². The molecule has 0 radical (unpaired) electrons. The largest absolute Gasteiger partial charge is 0.345 e. The number of hydrogen-bond donors (Lipinski definition) is 1. The first-order chi connectivity index (χ1) is 12.1. The van der Waals surface area contributed by atoms with Crippen molar-refractivity contribution in [3.63, 3.8) is 0 Å². The van der Waals surface area contributed by atoms with Gasteiger partial charge < -0.3 is 5.32 Å². The first-order valence-electron chi connectivity index (χ1n) is 7.99. The topological polar surface area (TPSA) is 46.9 Å². The number of nitrogens with zero attached hydrogens (tertiary/aromatic N) is 2. The van der Waals surface area contributed by atoms with Crippen LogP contribution in [0.25, 0.3) is 5.69 Å². The van der Waals surface area contributed by atoms with Crippen molar-refractivity contribution in [2.24, 2.45) is 0 Å². The molecule has 1 amide bonds. The minimum atomic E-state index is -0.657. The standard InChI is InChI=1S/C18H15F2N3OS/c19-12-4-5-17(14(20)8-12)23-16-3-1-2-15(13(16)9-21-23)22-18(24)11-6-7-25-10-11/h4-10,15H,1-3H2,(H,22,24). The zero-order chi connectivity index (χ0) is 17.4. The molecule has 7 heteroatoms. The first kappa shape index (κ1) is 16.0. The number of aromatic nitrogens is 2. The molecule has 1 unspecified atom stereocenters. The highest BCUT2D eigenvalue weighted by molar-refractivity contribution is 7.08. The van der Waals surface area contributed by atoms with E-state index in [2.05, 4.69) is 10.4 Å². The average Bonchev–Trinajstić information content (AvgIpc) is 3.25. The summed E-state index contributed by atoms with van der Waals surface area (Å²) in [4.78, 5) is 12.3. The van der Waals surface area contributed by atoms with Crippen LogP contribution in [-0.2, 0) is 6.42 Å². The second kappa shape index (κ2) is 6.40. The molecule has 0 fully saturated rings. The molecule has 2 aromatic heterocycles. The molecular formula is C18H15F2N3OS. The lowest BCUT2D eigenvalue weighted by Gasteiger charge is -2.24. The van der Waals surface area contributed by atoms with Crippen LogP contribution in [0.3, 0.4) is 0 Å². The molecule has 0 spiro atoms. The molecule has 3 aromatic rings. The molecule has 1 N–H and O–H groups in total. The first-order valence-corrected chi connectivity index (χ1v) is 8.93. The fourth-order valence-electron chi connectivity index (χ4n) is 3.20. The van der Waals surface area contributed by atoms with Crippen LogP contribution in [0.2, 0.25) is 0 Å². The van der Waals surface area contributed by atoms with Gasteiger partial charge in [0.1, 0.15) is 11.5 Å². The van der Waals surface area contributed by atoms with E-state index in [1.807, 2.05) is 5.38 Å². The quantitative estimate of drug-likeness (QED) is 0.768. The molecule has 2 heterocycles. The van der Waals surface area contributed by atoms with Gasteiger partial charge in [-0.25, -0.2) is 13.5 Å². The lowest BCUT2D eigenvalue weighted by molar-refractivity contribution is 0.0933. The van der Waals surface area contributed by atoms with Crippen LogP contribution in [0, 0.1) is 11.6 Å². The maximum absolute atomic E-state index is 14.1. The van der Waals surface area contributed by atoms with Gasteiger partial charge in [-0.3, -0.25) is 4.79 Å². The summed E-state index contributed by atoms with van der Waals surface area (Å²) in [6, 6.07) is 5.06. The van der Waals surface area contributed by atoms with Crippen LogP contribution >= 0.6 is 11.3 Å². The van der Waals surface area contributed by atoms with Crippen molar-refractivity contribution in [1.29, 1.82) is 0 Å². The van der Waals surface area contributed by atoms with Crippen LogP contribution < -0.4 is 5.32 Å². The number of nitrogens with one attached hydrogen (secondary N) is 1. The number of halogens is 2. The molecule has 1 aliphatic carbocycles. The van der Waals surface area contributed by atoms with E-state index in [4.69, 9.17) is 0 Å². The van der Waals surface area contributed by atoms with Gasteiger partial charge >= 0.3 is 0 Å². The molecular weight excluding hydrogens is 344 g/mol. The Balaban J connectivity index is 1.65. The molecule has 0 bridgehead atoms. The van der Waals surface area contributed by atoms with Crippen molar-refractivity contribution in [1.82, 2.24) is 15.1 Å². The third-order valence-corrected chi connectivity index (χ3v) is 5.09. The summed E-state index contributed by atoms with van der Waals surface area (Å²) in [5.41, 5.74) is 2.59. The Kier molecular flexibility index (Phi) is 4.09. The highest BCUT2D eigenvalue weighted by atomic mass is 32.1. The number of carbonyl (C=O) groups is 1. The van der Waals surface area contributed by atoms with Crippen LogP contribution in [0.1, 0.15) is 40.5 Å². The van der Waals surface area contributed by atoms with Gasteiger partial charge in [-0.1, -0.05) is 0 Å². The van der Waals surface area contributed by atoms with Crippen LogP contribution in [0.4, 0.5) is 8.78 Å². The summed E-state index contributed by atoms with van der Waals surface area (Å²) < 4.78 is 28.8. The van der Waals surface area contributed by atoms with Crippen molar-refractivity contribution in [3.8, 4) is 5.69 Å². The summed E-state index contributed by atoms with van der Waals surface area (Å²) in [6.07, 6.45) is 4.06.